The molecule has 0 radical (unpaired) electrons. The van der Waals surface area contributed by atoms with Crippen LogP contribution in [-0.4, -0.2) is 55.6 Å². The average Bonchev–Trinajstić information content (AvgIpc) is 3.10. The summed E-state index contributed by atoms with van der Waals surface area (Å²) in [6.07, 6.45) is 1.35. The van der Waals surface area contributed by atoms with Crippen LogP contribution in [0.3, 0.4) is 0 Å². The number of hydrogen-bond donors (Lipinski definition) is 1. The number of hydrogen-bond acceptors (Lipinski definition) is 7. The maximum absolute atomic E-state index is 12.8. The van der Waals surface area contributed by atoms with Gasteiger partial charge in [-0.15, -0.1) is 11.3 Å². The molecule has 0 unspecified atom stereocenters. The number of aryl methyl sites for hydroxylation is 1. The van der Waals surface area contributed by atoms with E-state index in [2.05, 4.69) is 5.32 Å². The summed E-state index contributed by atoms with van der Waals surface area (Å²) < 4.78 is 10.4. The molecule has 1 aromatic carbocycles. The molecule has 2 heterocycles. The third-order valence-corrected chi connectivity index (χ3v) is 6.47. The number of likely N-dealkylation sites (tertiary alicyclic amines) is 1. The first-order chi connectivity index (χ1) is 15.4. The van der Waals surface area contributed by atoms with Gasteiger partial charge < -0.3 is 14.8 Å². The van der Waals surface area contributed by atoms with Crippen molar-refractivity contribution in [2.45, 2.75) is 33.6 Å². The number of carbonyl (C=O) groups is 3. The summed E-state index contributed by atoms with van der Waals surface area (Å²) in [5.41, 5.74) is 2.10. The highest BCUT2D eigenvalue weighted by molar-refractivity contribution is 7.17. The Morgan fingerprint density at radius 2 is 1.72 bits per heavy atom. The summed E-state index contributed by atoms with van der Waals surface area (Å²) in [6.45, 7) is 7.65. The van der Waals surface area contributed by atoms with Crippen molar-refractivity contribution >= 4 is 34.2 Å². The molecule has 1 aliphatic rings. The molecule has 32 heavy (non-hydrogen) atoms. The number of anilines is 1. The summed E-state index contributed by atoms with van der Waals surface area (Å²) in [7, 11) is 0. The van der Waals surface area contributed by atoms with E-state index >= 15 is 0 Å². The largest absolute Gasteiger partial charge is 0.466 e. The number of amides is 1. The van der Waals surface area contributed by atoms with Crippen LogP contribution in [0.1, 0.15) is 41.9 Å². The SMILES string of the molecule is CCOC(=O)c1c(NC(=O)CN2CCC(C(=O)OCC)CC2)sc(C)c1-c1ccccc1. The van der Waals surface area contributed by atoms with Crippen LogP contribution in [0.5, 0.6) is 0 Å². The fraction of sp³-hybridized carbons (Fsp3) is 0.458. The lowest BCUT2D eigenvalue weighted by molar-refractivity contribution is -0.149. The van der Waals surface area contributed by atoms with Crippen LogP contribution in [0.25, 0.3) is 11.1 Å². The summed E-state index contributed by atoms with van der Waals surface area (Å²) >= 11 is 1.38. The second kappa shape index (κ2) is 11.2. The number of piperidine rings is 1. The minimum Gasteiger partial charge on any atom is -0.466 e. The Morgan fingerprint density at radius 3 is 2.34 bits per heavy atom. The quantitative estimate of drug-likeness (QED) is 0.599. The molecule has 1 amide bonds. The van der Waals surface area contributed by atoms with Gasteiger partial charge in [-0.1, -0.05) is 30.3 Å². The van der Waals surface area contributed by atoms with Crippen molar-refractivity contribution in [3.8, 4) is 11.1 Å². The van der Waals surface area contributed by atoms with Crippen molar-refractivity contribution in [1.29, 1.82) is 0 Å². The number of carbonyl (C=O) groups excluding carboxylic acids is 3. The molecular weight excluding hydrogens is 428 g/mol. The van der Waals surface area contributed by atoms with E-state index in [9.17, 15) is 14.4 Å². The van der Waals surface area contributed by atoms with Gasteiger partial charge in [0.15, 0.2) is 0 Å². The Balaban J connectivity index is 1.71. The molecule has 172 valence electrons. The summed E-state index contributed by atoms with van der Waals surface area (Å²) in [5, 5.41) is 3.43. The van der Waals surface area contributed by atoms with Crippen molar-refractivity contribution in [2.24, 2.45) is 5.92 Å². The van der Waals surface area contributed by atoms with Gasteiger partial charge in [0.2, 0.25) is 5.91 Å². The monoisotopic (exact) mass is 458 g/mol. The number of nitrogens with zero attached hydrogens (tertiary/aromatic N) is 1. The molecule has 3 rings (SSSR count). The Bertz CT molecular complexity index is 949. The minimum atomic E-state index is -0.443. The average molecular weight is 459 g/mol. The van der Waals surface area contributed by atoms with Crippen LogP contribution in [0, 0.1) is 12.8 Å². The van der Waals surface area contributed by atoms with E-state index in [0.29, 0.717) is 43.1 Å². The van der Waals surface area contributed by atoms with Crippen LogP contribution < -0.4 is 5.32 Å². The first-order valence-corrected chi connectivity index (χ1v) is 11.8. The maximum atomic E-state index is 12.8. The molecule has 1 saturated heterocycles. The molecule has 1 aromatic heterocycles. The van der Waals surface area contributed by atoms with Gasteiger partial charge in [-0.05, 0) is 52.3 Å². The zero-order valence-corrected chi connectivity index (χ0v) is 19.6. The van der Waals surface area contributed by atoms with Gasteiger partial charge in [0, 0.05) is 10.4 Å². The second-order valence-corrected chi connectivity index (χ2v) is 8.90. The fourth-order valence-electron chi connectivity index (χ4n) is 3.94. The van der Waals surface area contributed by atoms with Crippen molar-refractivity contribution in [2.75, 3.05) is 38.2 Å². The van der Waals surface area contributed by atoms with Gasteiger partial charge in [0.05, 0.1) is 25.7 Å². The van der Waals surface area contributed by atoms with Crippen molar-refractivity contribution in [3.05, 3.63) is 40.8 Å². The van der Waals surface area contributed by atoms with E-state index in [0.717, 1.165) is 16.0 Å². The van der Waals surface area contributed by atoms with Crippen LogP contribution >= 0.6 is 11.3 Å². The number of nitrogens with one attached hydrogen (secondary N) is 1. The molecule has 0 atom stereocenters. The number of thiophene rings is 1. The zero-order valence-electron chi connectivity index (χ0n) is 18.8. The third-order valence-electron chi connectivity index (χ3n) is 5.45. The molecule has 2 aromatic rings. The van der Waals surface area contributed by atoms with E-state index in [1.165, 1.54) is 11.3 Å². The molecule has 0 aliphatic carbocycles. The first kappa shape index (κ1) is 23.9. The molecule has 0 saturated carbocycles. The lowest BCUT2D eigenvalue weighted by atomic mass is 9.97. The molecular formula is C24H30N2O5S. The van der Waals surface area contributed by atoms with E-state index in [1.54, 1.807) is 13.8 Å². The van der Waals surface area contributed by atoms with Crippen LogP contribution in [-0.2, 0) is 19.1 Å². The van der Waals surface area contributed by atoms with E-state index in [-0.39, 0.29) is 30.9 Å². The van der Waals surface area contributed by atoms with E-state index in [4.69, 9.17) is 9.47 Å². The Kier molecular flexibility index (Phi) is 8.41. The van der Waals surface area contributed by atoms with Crippen molar-refractivity contribution < 1.29 is 23.9 Å². The molecule has 0 bridgehead atoms. The van der Waals surface area contributed by atoms with Crippen molar-refractivity contribution in [3.63, 3.8) is 0 Å². The first-order valence-electron chi connectivity index (χ1n) is 11.0. The molecule has 1 aliphatic heterocycles. The lowest BCUT2D eigenvalue weighted by Gasteiger charge is -2.30. The Hall–Kier alpha value is -2.71. The molecule has 0 spiro atoms. The van der Waals surface area contributed by atoms with Gasteiger partial charge in [0.25, 0.3) is 0 Å². The summed E-state index contributed by atoms with van der Waals surface area (Å²) in [5.74, 6) is -0.886. The van der Waals surface area contributed by atoms with Crippen LogP contribution in [0.2, 0.25) is 0 Å². The topological polar surface area (TPSA) is 84.9 Å². The normalized spacial score (nSPS) is 14.7. The Labute approximate surface area is 192 Å². The maximum Gasteiger partial charge on any atom is 0.341 e. The van der Waals surface area contributed by atoms with Gasteiger partial charge in [-0.3, -0.25) is 14.5 Å². The van der Waals surface area contributed by atoms with Crippen LogP contribution in [0.4, 0.5) is 5.00 Å². The second-order valence-electron chi connectivity index (χ2n) is 7.67. The highest BCUT2D eigenvalue weighted by Crippen LogP contribution is 2.40. The Morgan fingerprint density at radius 1 is 1.06 bits per heavy atom. The van der Waals surface area contributed by atoms with Gasteiger partial charge in [0.1, 0.15) is 10.6 Å². The molecule has 1 fully saturated rings. The number of benzene rings is 1. The standard InChI is InChI=1S/C24H30N2O5S/c1-4-30-23(28)18-11-13-26(14-12-18)15-19(27)25-22-21(24(29)31-5-2)20(16(3)32-22)17-9-7-6-8-10-17/h6-10,18H,4-5,11-15H2,1-3H3,(H,25,27). The number of esters is 2. The van der Waals surface area contributed by atoms with E-state index < -0.39 is 5.97 Å². The predicted molar refractivity (Wildman–Crippen MR) is 125 cm³/mol. The van der Waals surface area contributed by atoms with Crippen molar-refractivity contribution in [1.82, 2.24) is 4.90 Å². The minimum absolute atomic E-state index is 0.0990. The molecule has 7 nitrogen and oxygen atoms in total. The van der Waals surface area contributed by atoms with Gasteiger partial charge in [-0.2, -0.15) is 0 Å². The third kappa shape index (κ3) is 5.75. The summed E-state index contributed by atoms with van der Waals surface area (Å²) in [4.78, 5) is 40.4. The van der Waals surface area contributed by atoms with Gasteiger partial charge in [-0.25, -0.2) is 4.79 Å². The van der Waals surface area contributed by atoms with Gasteiger partial charge >= 0.3 is 11.9 Å². The predicted octanol–water partition coefficient (Wildman–Crippen LogP) is 4.11. The number of ether oxygens (including phenoxy) is 2. The summed E-state index contributed by atoms with van der Waals surface area (Å²) in [6, 6.07) is 9.64. The van der Waals surface area contributed by atoms with E-state index in [1.807, 2.05) is 42.2 Å². The highest BCUT2D eigenvalue weighted by Gasteiger charge is 2.28. The molecule has 8 heteroatoms. The fourth-order valence-corrected chi connectivity index (χ4v) is 5.02. The number of rotatable bonds is 8. The highest BCUT2D eigenvalue weighted by atomic mass is 32.1. The molecule has 1 N–H and O–H groups in total. The zero-order chi connectivity index (χ0) is 23.1. The van der Waals surface area contributed by atoms with Crippen LogP contribution in [0.15, 0.2) is 30.3 Å². The lowest BCUT2D eigenvalue weighted by Crippen LogP contribution is -2.41. The smallest absolute Gasteiger partial charge is 0.341 e.